The Labute approximate surface area is 206 Å². The summed E-state index contributed by atoms with van der Waals surface area (Å²) in [6, 6.07) is 16.0. The standard InChI is InChI=1S/C28H24F3NO4/c29-24-10-26(31)25(30)9-23(24)28(34)11-16-13-35-14-17(12-28)32(16)27(33)36-15-22-20-7-3-1-5-18(20)19-6-2-4-8-21(19)22/h1-10,16-17,22,34H,11-15H2. The van der Waals surface area contributed by atoms with Gasteiger partial charge in [0.1, 0.15) is 12.4 Å². The Morgan fingerprint density at radius 2 is 1.47 bits per heavy atom. The summed E-state index contributed by atoms with van der Waals surface area (Å²) in [5.41, 5.74) is 2.35. The fraction of sp³-hybridized carbons (Fsp3) is 0.321. The number of piperidine rings is 1. The second-order valence-electron chi connectivity index (χ2n) is 9.74. The molecule has 8 heteroatoms. The first-order chi connectivity index (χ1) is 17.4. The molecular weight excluding hydrogens is 471 g/mol. The van der Waals surface area contributed by atoms with Crippen LogP contribution in [0.2, 0.25) is 0 Å². The van der Waals surface area contributed by atoms with E-state index in [0.29, 0.717) is 12.1 Å². The monoisotopic (exact) mass is 495 g/mol. The second-order valence-corrected chi connectivity index (χ2v) is 9.74. The van der Waals surface area contributed by atoms with Crippen molar-refractivity contribution in [1.29, 1.82) is 0 Å². The van der Waals surface area contributed by atoms with E-state index < -0.39 is 41.2 Å². The molecule has 1 amide bonds. The van der Waals surface area contributed by atoms with Gasteiger partial charge in [0.2, 0.25) is 0 Å². The number of hydrogen-bond donors (Lipinski definition) is 1. The third-order valence-electron chi connectivity index (χ3n) is 7.61. The Kier molecular flexibility index (Phi) is 5.53. The van der Waals surface area contributed by atoms with Crippen LogP contribution in [0.4, 0.5) is 18.0 Å². The molecule has 0 aromatic heterocycles. The highest BCUT2D eigenvalue weighted by atomic mass is 19.2. The summed E-state index contributed by atoms with van der Waals surface area (Å²) in [5.74, 6) is -3.68. The van der Waals surface area contributed by atoms with Crippen LogP contribution in [0.25, 0.3) is 11.1 Å². The largest absolute Gasteiger partial charge is 0.448 e. The van der Waals surface area contributed by atoms with Gasteiger partial charge in [0.15, 0.2) is 11.6 Å². The van der Waals surface area contributed by atoms with Gasteiger partial charge in [0.05, 0.1) is 30.9 Å². The molecule has 0 saturated carbocycles. The van der Waals surface area contributed by atoms with Gasteiger partial charge in [-0.15, -0.1) is 0 Å². The van der Waals surface area contributed by atoms with Crippen LogP contribution in [0, 0.1) is 17.5 Å². The first kappa shape index (κ1) is 23.1. The molecule has 3 aliphatic rings. The van der Waals surface area contributed by atoms with Crippen molar-refractivity contribution in [2.45, 2.75) is 36.4 Å². The smallest absolute Gasteiger partial charge is 0.410 e. The van der Waals surface area contributed by atoms with Crippen LogP contribution < -0.4 is 0 Å². The predicted molar refractivity (Wildman–Crippen MR) is 125 cm³/mol. The Hall–Kier alpha value is -3.36. The van der Waals surface area contributed by atoms with Gasteiger partial charge < -0.3 is 14.6 Å². The Morgan fingerprint density at radius 3 is 2.08 bits per heavy atom. The van der Waals surface area contributed by atoms with E-state index in [2.05, 4.69) is 12.1 Å². The molecule has 1 aliphatic carbocycles. The van der Waals surface area contributed by atoms with E-state index in [1.807, 2.05) is 36.4 Å². The van der Waals surface area contributed by atoms with Gasteiger partial charge in [-0.2, -0.15) is 0 Å². The van der Waals surface area contributed by atoms with E-state index in [0.717, 1.165) is 22.3 Å². The minimum Gasteiger partial charge on any atom is -0.448 e. The van der Waals surface area contributed by atoms with Gasteiger partial charge >= 0.3 is 6.09 Å². The van der Waals surface area contributed by atoms with Crippen LogP contribution in [0.3, 0.4) is 0 Å². The average molecular weight is 495 g/mol. The van der Waals surface area contributed by atoms with Crippen molar-refractivity contribution in [3.8, 4) is 11.1 Å². The number of carbonyl (C=O) groups is 1. The number of fused-ring (bicyclic) bond motifs is 5. The highest BCUT2D eigenvalue weighted by molar-refractivity contribution is 5.79. The van der Waals surface area contributed by atoms with Crippen molar-refractivity contribution in [2.24, 2.45) is 0 Å². The quantitative estimate of drug-likeness (QED) is 0.514. The molecule has 2 bridgehead atoms. The van der Waals surface area contributed by atoms with Crippen molar-refractivity contribution in [3.05, 3.63) is 94.8 Å². The fourth-order valence-corrected chi connectivity index (χ4v) is 6.04. The summed E-state index contributed by atoms with van der Waals surface area (Å²) >= 11 is 0. The van der Waals surface area contributed by atoms with Crippen LogP contribution in [-0.2, 0) is 15.1 Å². The molecule has 2 saturated heterocycles. The molecule has 6 rings (SSSR count). The number of amides is 1. The minimum absolute atomic E-state index is 0.0876. The number of carbonyl (C=O) groups excluding carboxylic acids is 1. The van der Waals surface area contributed by atoms with Gasteiger partial charge in [-0.1, -0.05) is 48.5 Å². The molecule has 5 nitrogen and oxygen atoms in total. The Balaban J connectivity index is 1.22. The Bertz CT molecular complexity index is 1290. The first-order valence-corrected chi connectivity index (χ1v) is 11.9. The molecule has 0 spiro atoms. The zero-order valence-corrected chi connectivity index (χ0v) is 19.3. The maximum Gasteiger partial charge on any atom is 0.410 e. The molecule has 1 N–H and O–H groups in total. The van der Waals surface area contributed by atoms with Gasteiger partial charge in [0, 0.05) is 30.4 Å². The van der Waals surface area contributed by atoms with Crippen LogP contribution in [0.1, 0.15) is 35.4 Å². The topological polar surface area (TPSA) is 59.0 Å². The third kappa shape index (κ3) is 3.67. The maximum atomic E-state index is 14.5. The van der Waals surface area contributed by atoms with Gasteiger partial charge in [-0.25, -0.2) is 18.0 Å². The molecule has 2 unspecified atom stereocenters. The highest BCUT2D eigenvalue weighted by Crippen LogP contribution is 2.45. The lowest BCUT2D eigenvalue weighted by atomic mass is 9.76. The van der Waals surface area contributed by atoms with Gasteiger partial charge in [-0.05, 0) is 28.3 Å². The van der Waals surface area contributed by atoms with Crippen LogP contribution in [-0.4, -0.2) is 48.0 Å². The predicted octanol–water partition coefficient (Wildman–Crippen LogP) is 5.10. The zero-order valence-electron chi connectivity index (χ0n) is 19.3. The molecule has 2 heterocycles. The molecule has 3 aromatic rings. The van der Waals surface area contributed by atoms with Crippen LogP contribution in [0.15, 0.2) is 60.7 Å². The summed E-state index contributed by atoms with van der Waals surface area (Å²) in [7, 11) is 0. The van der Waals surface area contributed by atoms with E-state index in [1.165, 1.54) is 0 Å². The summed E-state index contributed by atoms with van der Waals surface area (Å²) in [6.07, 6.45) is -0.714. The van der Waals surface area contributed by atoms with E-state index in [1.54, 1.807) is 4.90 Å². The van der Waals surface area contributed by atoms with Crippen molar-refractivity contribution in [3.63, 3.8) is 0 Å². The second kappa shape index (κ2) is 8.64. The number of aliphatic hydroxyl groups is 1. The number of morpholine rings is 1. The van der Waals surface area contributed by atoms with Gasteiger partial charge in [0.25, 0.3) is 0 Å². The van der Waals surface area contributed by atoms with E-state index in [4.69, 9.17) is 9.47 Å². The molecule has 2 aliphatic heterocycles. The van der Waals surface area contributed by atoms with E-state index in [9.17, 15) is 23.1 Å². The number of hydrogen-bond acceptors (Lipinski definition) is 4. The molecule has 2 atom stereocenters. The Morgan fingerprint density at radius 1 is 0.917 bits per heavy atom. The number of ether oxygens (including phenoxy) is 2. The summed E-state index contributed by atoms with van der Waals surface area (Å²) < 4.78 is 53.3. The summed E-state index contributed by atoms with van der Waals surface area (Å²) in [5, 5.41) is 11.3. The number of halogens is 3. The van der Waals surface area contributed by atoms with Crippen molar-refractivity contribution in [1.82, 2.24) is 4.90 Å². The molecule has 36 heavy (non-hydrogen) atoms. The third-order valence-corrected chi connectivity index (χ3v) is 7.61. The van der Waals surface area contributed by atoms with E-state index >= 15 is 0 Å². The number of nitrogens with zero attached hydrogens (tertiary/aromatic N) is 1. The number of rotatable bonds is 3. The van der Waals surface area contributed by atoms with Gasteiger partial charge in [-0.3, -0.25) is 4.90 Å². The maximum absolute atomic E-state index is 14.5. The molecule has 2 fully saturated rings. The summed E-state index contributed by atoms with van der Waals surface area (Å²) in [4.78, 5) is 14.8. The van der Waals surface area contributed by atoms with Crippen LogP contribution >= 0.6 is 0 Å². The zero-order chi connectivity index (χ0) is 25.0. The SMILES string of the molecule is O=C(OCC1c2ccccc2-c2ccccc21)N1C2COCC1CC(O)(c1cc(F)c(F)cc1F)C2. The fourth-order valence-electron chi connectivity index (χ4n) is 6.04. The summed E-state index contributed by atoms with van der Waals surface area (Å²) in [6.45, 7) is 0.383. The lowest BCUT2D eigenvalue weighted by Gasteiger charge is -2.51. The lowest BCUT2D eigenvalue weighted by molar-refractivity contribution is -0.137. The lowest BCUT2D eigenvalue weighted by Crippen LogP contribution is -2.62. The van der Waals surface area contributed by atoms with Crippen molar-refractivity contribution in [2.75, 3.05) is 19.8 Å². The van der Waals surface area contributed by atoms with E-state index in [-0.39, 0.29) is 44.1 Å². The number of benzene rings is 3. The highest BCUT2D eigenvalue weighted by Gasteiger charge is 2.50. The molecule has 186 valence electrons. The molecule has 3 aromatic carbocycles. The molecular formula is C28H24F3NO4. The normalized spacial score (nSPS) is 24.8. The van der Waals surface area contributed by atoms with Crippen molar-refractivity contribution >= 4 is 6.09 Å². The van der Waals surface area contributed by atoms with Crippen molar-refractivity contribution < 1.29 is 32.5 Å². The first-order valence-electron chi connectivity index (χ1n) is 11.9. The average Bonchev–Trinajstić information content (AvgIpc) is 3.18. The van der Waals surface area contributed by atoms with Crippen LogP contribution in [0.5, 0.6) is 0 Å². The molecule has 0 radical (unpaired) electrons. The minimum atomic E-state index is -1.77.